The summed E-state index contributed by atoms with van der Waals surface area (Å²) in [5.74, 6) is 0. The highest BCUT2D eigenvalue weighted by atomic mass is 79.9. The molecule has 2 aromatic carbocycles. The van der Waals surface area contributed by atoms with Gasteiger partial charge in [-0.1, -0.05) is 22.0 Å². The molecule has 2 rings (SSSR count). The van der Waals surface area contributed by atoms with E-state index in [-0.39, 0.29) is 6.61 Å². The molecule has 0 fully saturated rings. The van der Waals surface area contributed by atoms with E-state index in [0.29, 0.717) is 22.6 Å². The van der Waals surface area contributed by atoms with Crippen LogP contribution in [0, 0.1) is 18.3 Å². The van der Waals surface area contributed by atoms with Crippen molar-refractivity contribution in [1.29, 1.82) is 5.26 Å². The quantitative estimate of drug-likeness (QED) is 0.743. The van der Waals surface area contributed by atoms with E-state index < -0.39 is 6.09 Å². The van der Waals surface area contributed by atoms with Gasteiger partial charge in [-0.3, -0.25) is 5.32 Å². The highest BCUT2D eigenvalue weighted by Crippen LogP contribution is 2.19. The second kappa shape index (κ2) is 8.04. The van der Waals surface area contributed by atoms with Gasteiger partial charge in [0.05, 0.1) is 12.2 Å². The summed E-state index contributed by atoms with van der Waals surface area (Å²) in [5, 5.41) is 11.5. The summed E-state index contributed by atoms with van der Waals surface area (Å²) in [6, 6.07) is 12.9. The Morgan fingerprint density at radius 2 is 2.13 bits per heavy atom. The summed E-state index contributed by atoms with van der Waals surface area (Å²) in [4.78, 5) is 12.4. The van der Waals surface area contributed by atoms with Crippen molar-refractivity contribution in [3.63, 3.8) is 0 Å². The number of benzene rings is 2. The molecule has 6 heteroatoms. The molecule has 0 saturated carbocycles. The summed E-state index contributed by atoms with van der Waals surface area (Å²) >= 11 is 7.58. The van der Waals surface area contributed by atoms with Gasteiger partial charge in [-0.05, 0) is 48.4 Å². The lowest BCUT2D eigenvalue weighted by Crippen LogP contribution is -2.15. The summed E-state index contributed by atoms with van der Waals surface area (Å²) in [7, 11) is 0. The molecule has 2 aromatic rings. The summed E-state index contributed by atoms with van der Waals surface area (Å²) in [6.45, 7) is 2.30. The Hall–Kier alpha value is -1.97. The Bertz CT molecular complexity index is 772. The predicted octanol–water partition coefficient (Wildman–Crippen LogP) is 4.71. The molecule has 0 atom stereocenters. The number of nitrogens with one attached hydrogen (secondary N) is 1. The van der Waals surface area contributed by atoms with Gasteiger partial charge in [0.15, 0.2) is 0 Å². The first-order valence-corrected chi connectivity index (χ1v) is 8.15. The molecule has 118 valence electrons. The standard InChI is InChI=1S/C17H15BrN2O2S/c1-11-8-14(18)3-2-12(11)6-7-22-17(21)20-15-4-5-16(23)13(9-15)10-19/h2-5,8-9,23H,6-7H2,1H3,(H,20,21). The Balaban J connectivity index is 1.87. The molecule has 0 aliphatic heterocycles. The number of hydrogen-bond donors (Lipinski definition) is 2. The van der Waals surface area contributed by atoms with Crippen LogP contribution >= 0.6 is 28.6 Å². The predicted molar refractivity (Wildman–Crippen MR) is 96.0 cm³/mol. The van der Waals surface area contributed by atoms with Crippen LogP contribution in [-0.2, 0) is 11.2 Å². The van der Waals surface area contributed by atoms with Gasteiger partial charge in [0.25, 0.3) is 0 Å². The zero-order valence-corrected chi connectivity index (χ0v) is 14.9. The Labute approximate surface area is 149 Å². The van der Waals surface area contributed by atoms with Gasteiger partial charge < -0.3 is 4.74 Å². The van der Waals surface area contributed by atoms with E-state index in [2.05, 4.69) is 33.9 Å². The van der Waals surface area contributed by atoms with Gasteiger partial charge >= 0.3 is 6.09 Å². The van der Waals surface area contributed by atoms with E-state index in [0.717, 1.165) is 15.6 Å². The van der Waals surface area contributed by atoms with E-state index in [4.69, 9.17) is 10.00 Å². The number of ether oxygens (including phenoxy) is 1. The van der Waals surface area contributed by atoms with Crippen LogP contribution in [0.2, 0.25) is 0 Å². The van der Waals surface area contributed by atoms with Gasteiger partial charge in [-0.2, -0.15) is 5.26 Å². The van der Waals surface area contributed by atoms with Crippen molar-refractivity contribution >= 4 is 40.3 Å². The number of aryl methyl sites for hydroxylation is 1. The van der Waals surface area contributed by atoms with Crippen molar-refractivity contribution in [1.82, 2.24) is 0 Å². The van der Waals surface area contributed by atoms with E-state index in [9.17, 15) is 4.79 Å². The number of anilines is 1. The Kier molecular flexibility index (Phi) is 6.08. The number of amides is 1. The fraction of sp³-hybridized carbons (Fsp3) is 0.176. The minimum atomic E-state index is -0.546. The highest BCUT2D eigenvalue weighted by molar-refractivity contribution is 9.10. The number of carbonyl (C=O) groups is 1. The summed E-state index contributed by atoms with van der Waals surface area (Å²) in [6.07, 6.45) is 0.0986. The number of nitrogens with zero attached hydrogens (tertiary/aromatic N) is 1. The average molecular weight is 391 g/mol. The summed E-state index contributed by atoms with van der Waals surface area (Å²) < 4.78 is 6.20. The summed E-state index contributed by atoms with van der Waals surface area (Å²) in [5.41, 5.74) is 3.18. The third-order valence-corrected chi connectivity index (χ3v) is 4.16. The number of thiol groups is 1. The molecule has 0 heterocycles. The number of halogens is 1. The Morgan fingerprint density at radius 3 is 2.83 bits per heavy atom. The van der Waals surface area contributed by atoms with E-state index in [1.54, 1.807) is 18.2 Å². The van der Waals surface area contributed by atoms with Crippen molar-refractivity contribution in [2.75, 3.05) is 11.9 Å². The fourth-order valence-corrected chi connectivity index (χ4v) is 2.72. The molecule has 0 aromatic heterocycles. The van der Waals surface area contributed by atoms with Crippen LogP contribution in [0.4, 0.5) is 10.5 Å². The number of rotatable bonds is 4. The monoisotopic (exact) mass is 390 g/mol. The zero-order chi connectivity index (χ0) is 16.8. The topological polar surface area (TPSA) is 62.1 Å². The van der Waals surface area contributed by atoms with Gasteiger partial charge in [-0.15, -0.1) is 12.6 Å². The molecular weight excluding hydrogens is 376 g/mol. The van der Waals surface area contributed by atoms with E-state index in [1.165, 1.54) is 0 Å². The van der Waals surface area contributed by atoms with Gasteiger partial charge in [0, 0.05) is 21.5 Å². The molecule has 4 nitrogen and oxygen atoms in total. The first-order chi connectivity index (χ1) is 11.0. The van der Waals surface area contributed by atoms with Crippen LogP contribution in [0.3, 0.4) is 0 Å². The maximum atomic E-state index is 11.8. The first-order valence-electron chi connectivity index (χ1n) is 6.91. The van der Waals surface area contributed by atoms with Crippen molar-refractivity contribution < 1.29 is 9.53 Å². The van der Waals surface area contributed by atoms with Crippen LogP contribution < -0.4 is 5.32 Å². The van der Waals surface area contributed by atoms with E-state index in [1.807, 2.05) is 31.2 Å². The molecule has 0 spiro atoms. The molecule has 1 amide bonds. The van der Waals surface area contributed by atoms with Crippen LogP contribution in [0.1, 0.15) is 16.7 Å². The van der Waals surface area contributed by atoms with Crippen molar-refractivity contribution in [2.45, 2.75) is 18.2 Å². The van der Waals surface area contributed by atoms with Crippen LogP contribution in [0.15, 0.2) is 45.8 Å². The second-order valence-corrected chi connectivity index (χ2v) is 6.32. The smallest absolute Gasteiger partial charge is 0.411 e. The lowest BCUT2D eigenvalue weighted by molar-refractivity contribution is 0.163. The van der Waals surface area contributed by atoms with E-state index >= 15 is 0 Å². The van der Waals surface area contributed by atoms with Crippen molar-refractivity contribution in [2.24, 2.45) is 0 Å². The van der Waals surface area contributed by atoms with Crippen LogP contribution in [0.25, 0.3) is 0 Å². The zero-order valence-electron chi connectivity index (χ0n) is 12.5. The third kappa shape index (κ3) is 5.02. The fourth-order valence-electron chi connectivity index (χ4n) is 2.05. The van der Waals surface area contributed by atoms with Crippen LogP contribution in [0.5, 0.6) is 0 Å². The van der Waals surface area contributed by atoms with Crippen molar-refractivity contribution in [3.05, 3.63) is 57.6 Å². The highest BCUT2D eigenvalue weighted by Gasteiger charge is 2.07. The normalized spacial score (nSPS) is 10.0. The Morgan fingerprint density at radius 1 is 1.35 bits per heavy atom. The number of hydrogen-bond acceptors (Lipinski definition) is 4. The van der Waals surface area contributed by atoms with Gasteiger partial charge in [0.1, 0.15) is 6.07 Å². The molecule has 0 aliphatic carbocycles. The minimum absolute atomic E-state index is 0.282. The maximum Gasteiger partial charge on any atom is 0.411 e. The lowest BCUT2D eigenvalue weighted by atomic mass is 10.1. The molecule has 0 unspecified atom stereocenters. The number of nitriles is 1. The van der Waals surface area contributed by atoms with Crippen LogP contribution in [-0.4, -0.2) is 12.7 Å². The maximum absolute atomic E-state index is 11.8. The molecule has 0 aliphatic rings. The largest absolute Gasteiger partial charge is 0.449 e. The number of carbonyl (C=O) groups excluding carboxylic acids is 1. The molecule has 0 radical (unpaired) electrons. The molecule has 23 heavy (non-hydrogen) atoms. The van der Waals surface area contributed by atoms with Gasteiger partial charge in [-0.25, -0.2) is 4.79 Å². The minimum Gasteiger partial charge on any atom is -0.449 e. The van der Waals surface area contributed by atoms with Crippen molar-refractivity contribution in [3.8, 4) is 6.07 Å². The molecule has 0 bridgehead atoms. The molecule has 1 N–H and O–H groups in total. The average Bonchev–Trinajstić information content (AvgIpc) is 2.51. The molecular formula is C17H15BrN2O2S. The first kappa shape index (κ1) is 17.4. The van der Waals surface area contributed by atoms with Gasteiger partial charge in [0.2, 0.25) is 0 Å². The second-order valence-electron chi connectivity index (χ2n) is 4.93. The third-order valence-electron chi connectivity index (χ3n) is 3.27. The SMILES string of the molecule is Cc1cc(Br)ccc1CCOC(=O)Nc1ccc(S)c(C#N)c1. The lowest BCUT2D eigenvalue weighted by Gasteiger charge is -2.09. The molecule has 0 saturated heterocycles.